The maximum atomic E-state index is 12.0. The summed E-state index contributed by atoms with van der Waals surface area (Å²) in [4.78, 5) is 26.4. The highest BCUT2D eigenvalue weighted by Gasteiger charge is 2.10. The molecule has 0 aliphatic heterocycles. The molecule has 1 amide bonds. The van der Waals surface area contributed by atoms with Crippen molar-refractivity contribution in [3.05, 3.63) is 47.4 Å². The summed E-state index contributed by atoms with van der Waals surface area (Å²) >= 11 is 0. The Morgan fingerprint density at radius 2 is 2.14 bits per heavy atom. The van der Waals surface area contributed by atoms with Crippen LogP contribution in [0.5, 0.6) is 0 Å². The van der Waals surface area contributed by atoms with Gasteiger partial charge in [0.2, 0.25) is 0 Å². The van der Waals surface area contributed by atoms with Gasteiger partial charge in [0.1, 0.15) is 11.5 Å². The van der Waals surface area contributed by atoms with E-state index >= 15 is 0 Å². The molecule has 2 heterocycles. The molecule has 0 aliphatic carbocycles. The highest BCUT2D eigenvalue weighted by molar-refractivity contribution is 6.02. The van der Waals surface area contributed by atoms with Crippen LogP contribution in [0, 0.1) is 6.92 Å². The SMILES string of the molecule is Cc1cc(NC(=O)c2ccc(C=CC(=O)O)cn2)n(C)n1. The van der Waals surface area contributed by atoms with Gasteiger partial charge in [0.05, 0.1) is 5.69 Å². The predicted molar refractivity (Wildman–Crippen MR) is 76.8 cm³/mol. The van der Waals surface area contributed by atoms with Gasteiger partial charge in [0, 0.05) is 25.4 Å². The molecular weight excluding hydrogens is 272 g/mol. The number of aryl methyl sites for hydroxylation is 2. The number of hydrogen-bond donors (Lipinski definition) is 2. The van der Waals surface area contributed by atoms with E-state index in [4.69, 9.17) is 5.11 Å². The van der Waals surface area contributed by atoms with E-state index in [-0.39, 0.29) is 11.6 Å². The van der Waals surface area contributed by atoms with Crippen LogP contribution in [-0.2, 0) is 11.8 Å². The number of carbonyl (C=O) groups is 2. The number of carboxylic acids is 1. The number of aromatic nitrogens is 3. The van der Waals surface area contributed by atoms with Crippen molar-refractivity contribution in [2.45, 2.75) is 6.92 Å². The molecule has 0 atom stereocenters. The van der Waals surface area contributed by atoms with E-state index in [1.807, 2.05) is 6.92 Å². The molecule has 0 aliphatic rings. The van der Waals surface area contributed by atoms with E-state index in [1.165, 1.54) is 18.3 Å². The fourth-order valence-corrected chi connectivity index (χ4v) is 1.71. The van der Waals surface area contributed by atoms with Crippen LogP contribution in [0.1, 0.15) is 21.7 Å². The van der Waals surface area contributed by atoms with Crippen LogP contribution >= 0.6 is 0 Å². The van der Waals surface area contributed by atoms with Crippen molar-refractivity contribution in [1.29, 1.82) is 0 Å². The number of aliphatic carboxylic acids is 1. The second-order valence-corrected chi connectivity index (χ2v) is 4.40. The second-order valence-electron chi connectivity index (χ2n) is 4.40. The number of carbonyl (C=O) groups excluding carboxylic acids is 1. The Morgan fingerprint density at radius 3 is 2.67 bits per heavy atom. The van der Waals surface area contributed by atoms with Gasteiger partial charge in [-0.2, -0.15) is 5.10 Å². The summed E-state index contributed by atoms with van der Waals surface area (Å²) in [6.07, 6.45) is 3.85. The average molecular weight is 286 g/mol. The Morgan fingerprint density at radius 1 is 1.38 bits per heavy atom. The Kier molecular flexibility index (Phi) is 4.13. The predicted octanol–water partition coefficient (Wildman–Crippen LogP) is 1.47. The molecule has 2 aromatic rings. The number of nitrogens with zero attached hydrogens (tertiary/aromatic N) is 3. The number of amides is 1. The molecule has 0 unspecified atom stereocenters. The molecule has 0 bridgehead atoms. The minimum absolute atomic E-state index is 0.237. The van der Waals surface area contributed by atoms with Crippen LogP contribution in [0.3, 0.4) is 0 Å². The lowest BCUT2D eigenvalue weighted by atomic mass is 10.2. The zero-order valence-corrected chi connectivity index (χ0v) is 11.6. The van der Waals surface area contributed by atoms with Gasteiger partial charge >= 0.3 is 5.97 Å². The molecule has 0 radical (unpaired) electrons. The van der Waals surface area contributed by atoms with Gasteiger partial charge in [-0.25, -0.2) is 4.79 Å². The molecule has 2 N–H and O–H groups in total. The van der Waals surface area contributed by atoms with Gasteiger partial charge in [-0.1, -0.05) is 6.07 Å². The minimum Gasteiger partial charge on any atom is -0.478 e. The molecular formula is C14H14N4O3. The molecule has 7 heteroatoms. The lowest BCUT2D eigenvalue weighted by molar-refractivity contribution is -0.131. The summed E-state index contributed by atoms with van der Waals surface area (Å²) in [5.74, 6) is -0.815. The molecule has 2 rings (SSSR count). The lowest BCUT2D eigenvalue weighted by Gasteiger charge is -2.04. The zero-order valence-electron chi connectivity index (χ0n) is 11.6. The van der Waals surface area contributed by atoms with Gasteiger partial charge in [-0.3, -0.25) is 14.5 Å². The first-order chi connectivity index (χ1) is 9.95. The molecule has 0 saturated carbocycles. The van der Waals surface area contributed by atoms with Crippen LogP contribution in [0.25, 0.3) is 6.08 Å². The molecule has 2 aromatic heterocycles. The first-order valence-corrected chi connectivity index (χ1v) is 6.15. The van der Waals surface area contributed by atoms with Gasteiger partial charge in [0.25, 0.3) is 5.91 Å². The maximum Gasteiger partial charge on any atom is 0.328 e. The fraction of sp³-hybridized carbons (Fsp3) is 0.143. The molecule has 0 aromatic carbocycles. The largest absolute Gasteiger partial charge is 0.478 e. The lowest BCUT2D eigenvalue weighted by Crippen LogP contribution is -2.15. The van der Waals surface area contributed by atoms with E-state index < -0.39 is 5.97 Å². The first kappa shape index (κ1) is 14.4. The van der Waals surface area contributed by atoms with Gasteiger partial charge in [-0.15, -0.1) is 0 Å². The topological polar surface area (TPSA) is 97.1 Å². The van der Waals surface area contributed by atoms with Gasteiger partial charge in [-0.05, 0) is 24.6 Å². The number of rotatable bonds is 4. The molecule has 0 fully saturated rings. The third kappa shape index (κ3) is 3.75. The number of anilines is 1. The molecule has 0 spiro atoms. The van der Waals surface area contributed by atoms with Crippen LogP contribution in [-0.4, -0.2) is 31.7 Å². The number of nitrogens with one attached hydrogen (secondary N) is 1. The summed E-state index contributed by atoms with van der Waals surface area (Å²) in [5, 5.41) is 15.4. The van der Waals surface area contributed by atoms with Gasteiger partial charge < -0.3 is 10.4 Å². The van der Waals surface area contributed by atoms with E-state index in [2.05, 4.69) is 15.4 Å². The maximum absolute atomic E-state index is 12.0. The highest BCUT2D eigenvalue weighted by Crippen LogP contribution is 2.10. The van der Waals surface area contributed by atoms with Crippen molar-refractivity contribution in [1.82, 2.24) is 14.8 Å². The van der Waals surface area contributed by atoms with Crippen molar-refractivity contribution < 1.29 is 14.7 Å². The summed E-state index contributed by atoms with van der Waals surface area (Å²) < 4.78 is 1.57. The third-order valence-electron chi connectivity index (χ3n) is 2.68. The normalized spacial score (nSPS) is 10.8. The molecule has 108 valence electrons. The third-order valence-corrected chi connectivity index (χ3v) is 2.68. The van der Waals surface area contributed by atoms with Crippen LogP contribution in [0.4, 0.5) is 5.82 Å². The van der Waals surface area contributed by atoms with Crippen LogP contribution < -0.4 is 5.32 Å². The van der Waals surface area contributed by atoms with E-state index in [9.17, 15) is 9.59 Å². The van der Waals surface area contributed by atoms with Crippen LogP contribution in [0.2, 0.25) is 0 Å². The standard InChI is InChI=1S/C14H14N4O3/c1-9-7-12(18(2)17-9)16-14(21)11-5-3-10(8-15-11)4-6-13(19)20/h3-8H,1-2H3,(H,16,21)(H,19,20). The average Bonchev–Trinajstić information content (AvgIpc) is 2.75. The summed E-state index contributed by atoms with van der Waals surface area (Å²) in [5.41, 5.74) is 1.64. The quantitative estimate of drug-likeness (QED) is 0.830. The molecule has 21 heavy (non-hydrogen) atoms. The Hall–Kier alpha value is -2.96. The van der Waals surface area contributed by atoms with Crippen LogP contribution in [0.15, 0.2) is 30.5 Å². The van der Waals surface area contributed by atoms with Crippen molar-refractivity contribution >= 4 is 23.8 Å². The van der Waals surface area contributed by atoms with E-state index in [1.54, 1.807) is 23.9 Å². The van der Waals surface area contributed by atoms with Crippen molar-refractivity contribution in [2.75, 3.05) is 5.32 Å². The number of hydrogen-bond acceptors (Lipinski definition) is 4. The Labute approximate surface area is 120 Å². The smallest absolute Gasteiger partial charge is 0.328 e. The highest BCUT2D eigenvalue weighted by atomic mass is 16.4. The minimum atomic E-state index is -1.04. The fourth-order valence-electron chi connectivity index (χ4n) is 1.71. The summed E-state index contributed by atoms with van der Waals surface area (Å²) in [7, 11) is 1.73. The zero-order chi connectivity index (χ0) is 15.4. The van der Waals surface area contributed by atoms with Crippen molar-refractivity contribution in [2.24, 2.45) is 7.05 Å². The van der Waals surface area contributed by atoms with Crippen molar-refractivity contribution in [3.63, 3.8) is 0 Å². The summed E-state index contributed by atoms with van der Waals surface area (Å²) in [6, 6.07) is 4.90. The number of pyridine rings is 1. The van der Waals surface area contributed by atoms with Crippen molar-refractivity contribution in [3.8, 4) is 0 Å². The number of carboxylic acid groups (broad SMARTS) is 1. The van der Waals surface area contributed by atoms with E-state index in [0.717, 1.165) is 11.8 Å². The van der Waals surface area contributed by atoms with E-state index in [0.29, 0.717) is 11.4 Å². The first-order valence-electron chi connectivity index (χ1n) is 6.15. The van der Waals surface area contributed by atoms with Gasteiger partial charge in [0.15, 0.2) is 0 Å². The Bertz CT molecular complexity index is 702. The molecule has 7 nitrogen and oxygen atoms in total. The monoisotopic (exact) mass is 286 g/mol. The summed E-state index contributed by atoms with van der Waals surface area (Å²) in [6.45, 7) is 1.83. The molecule has 0 saturated heterocycles. The second kappa shape index (κ2) is 6.00. The Balaban J connectivity index is 2.09.